The van der Waals surface area contributed by atoms with E-state index in [0.29, 0.717) is 19.4 Å². The van der Waals surface area contributed by atoms with Gasteiger partial charge in [0.05, 0.1) is 6.26 Å². The van der Waals surface area contributed by atoms with Crippen LogP contribution in [0, 0.1) is 0 Å². The van der Waals surface area contributed by atoms with Crippen LogP contribution in [0.4, 0.5) is 5.82 Å². The molecule has 0 aliphatic carbocycles. The largest absolute Gasteiger partial charge is 0.469 e. The average molecular weight is 314 g/mol. The number of aromatic nitrogens is 2. The third-order valence-corrected chi connectivity index (χ3v) is 4.02. The molecule has 122 valence electrons. The minimum atomic E-state index is 0.0372. The summed E-state index contributed by atoms with van der Waals surface area (Å²) < 4.78 is 5.22. The molecule has 2 aromatic heterocycles. The molecule has 3 rings (SSSR count). The topological polar surface area (TPSA) is 71.3 Å². The van der Waals surface area contributed by atoms with Crippen molar-refractivity contribution in [1.82, 2.24) is 15.3 Å². The fraction of sp³-hybridized carbons (Fsp3) is 0.471. The average Bonchev–Trinajstić information content (AvgIpc) is 3.27. The van der Waals surface area contributed by atoms with E-state index in [-0.39, 0.29) is 5.91 Å². The zero-order valence-corrected chi connectivity index (χ0v) is 13.2. The van der Waals surface area contributed by atoms with Crippen molar-refractivity contribution in [3.63, 3.8) is 0 Å². The first-order valence-corrected chi connectivity index (χ1v) is 8.16. The number of nitrogens with one attached hydrogen (secondary N) is 1. The number of carbonyl (C=O) groups is 1. The maximum Gasteiger partial charge on any atom is 0.220 e. The van der Waals surface area contributed by atoms with Crippen molar-refractivity contribution in [2.45, 2.75) is 32.1 Å². The highest BCUT2D eigenvalue weighted by molar-refractivity contribution is 5.76. The highest BCUT2D eigenvalue weighted by Gasteiger charge is 2.14. The van der Waals surface area contributed by atoms with Gasteiger partial charge in [0, 0.05) is 50.7 Å². The lowest BCUT2D eigenvalue weighted by Gasteiger charge is -2.16. The first-order chi connectivity index (χ1) is 11.3. The molecule has 1 aliphatic rings. The number of nitrogens with zero attached hydrogens (tertiary/aromatic N) is 3. The van der Waals surface area contributed by atoms with Crippen molar-refractivity contribution in [3.05, 3.63) is 42.2 Å². The van der Waals surface area contributed by atoms with Crippen LogP contribution in [-0.4, -0.2) is 35.5 Å². The Morgan fingerprint density at radius 1 is 1.26 bits per heavy atom. The molecule has 3 heterocycles. The third-order valence-electron chi connectivity index (χ3n) is 4.02. The van der Waals surface area contributed by atoms with Crippen molar-refractivity contribution in [3.8, 4) is 0 Å². The van der Waals surface area contributed by atoms with Gasteiger partial charge in [-0.1, -0.05) is 0 Å². The summed E-state index contributed by atoms with van der Waals surface area (Å²) in [6.45, 7) is 2.73. The van der Waals surface area contributed by atoms with Crippen molar-refractivity contribution in [2.75, 3.05) is 24.5 Å². The Kier molecular flexibility index (Phi) is 5.24. The molecule has 2 aromatic rings. The number of anilines is 1. The van der Waals surface area contributed by atoms with Gasteiger partial charge in [0.15, 0.2) is 0 Å². The predicted octanol–water partition coefficient (Wildman–Crippen LogP) is 1.96. The Hall–Kier alpha value is -2.37. The summed E-state index contributed by atoms with van der Waals surface area (Å²) in [6, 6.07) is 5.74. The van der Waals surface area contributed by atoms with E-state index in [1.165, 1.54) is 12.8 Å². The number of hydrogen-bond acceptors (Lipinski definition) is 5. The smallest absolute Gasteiger partial charge is 0.220 e. The van der Waals surface area contributed by atoms with E-state index in [4.69, 9.17) is 4.42 Å². The lowest BCUT2D eigenvalue weighted by atomic mass is 10.2. The summed E-state index contributed by atoms with van der Waals surface area (Å²) in [4.78, 5) is 22.7. The Labute approximate surface area is 135 Å². The molecule has 0 spiro atoms. The van der Waals surface area contributed by atoms with Crippen molar-refractivity contribution < 1.29 is 9.21 Å². The fourth-order valence-corrected chi connectivity index (χ4v) is 2.75. The van der Waals surface area contributed by atoms with Gasteiger partial charge in [-0.15, -0.1) is 0 Å². The van der Waals surface area contributed by atoms with Crippen molar-refractivity contribution in [1.29, 1.82) is 0 Å². The number of amides is 1. The highest BCUT2D eigenvalue weighted by Crippen LogP contribution is 2.17. The fourth-order valence-electron chi connectivity index (χ4n) is 2.75. The second kappa shape index (κ2) is 7.76. The number of rotatable bonds is 7. The van der Waals surface area contributed by atoms with Gasteiger partial charge in [0.25, 0.3) is 0 Å². The number of furan rings is 1. The van der Waals surface area contributed by atoms with Gasteiger partial charge >= 0.3 is 0 Å². The molecule has 0 radical (unpaired) electrons. The van der Waals surface area contributed by atoms with Gasteiger partial charge in [-0.25, -0.2) is 9.97 Å². The van der Waals surface area contributed by atoms with Crippen LogP contribution in [0.25, 0.3) is 0 Å². The molecule has 1 saturated heterocycles. The molecule has 1 aliphatic heterocycles. The Morgan fingerprint density at radius 2 is 2.13 bits per heavy atom. The second-order valence-corrected chi connectivity index (χ2v) is 5.74. The molecule has 0 bridgehead atoms. The van der Waals surface area contributed by atoms with Crippen molar-refractivity contribution >= 4 is 11.7 Å². The minimum absolute atomic E-state index is 0.0372. The number of aryl methyl sites for hydroxylation is 1. The summed E-state index contributed by atoms with van der Waals surface area (Å²) in [7, 11) is 0. The van der Waals surface area contributed by atoms with Crippen LogP contribution in [0.5, 0.6) is 0 Å². The Bertz CT molecular complexity index is 621. The van der Waals surface area contributed by atoms with E-state index >= 15 is 0 Å². The standard InChI is InChI=1S/C17H22N4O2/c22-17(6-5-15-4-3-11-23-15)18-8-7-14-12-16(20-13-19-14)21-9-1-2-10-21/h3-4,11-13H,1-2,5-10H2,(H,18,22). The molecule has 0 unspecified atom stereocenters. The van der Waals surface area contributed by atoms with Crippen LogP contribution in [0.3, 0.4) is 0 Å². The van der Waals surface area contributed by atoms with E-state index in [0.717, 1.165) is 36.8 Å². The quantitative estimate of drug-likeness (QED) is 0.846. The Morgan fingerprint density at radius 3 is 2.91 bits per heavy atom. The minimum Gasteiger partial charge on any atom is -0.469 e. The van der Waals surface area contributed by atoms with Gasteiger partial charge in [-0.2, -0.15) is 0 Å². The van der Waals surface area contributed by atoms with E-state index in [9.17, 15) is 4.79 Å². The molecule has 23 heavy (non-hydrogen) atoms. The molecule has 1 fully saturated rings. The van der Waals surface area contributed by atoms with E-state index in [2.05, 4.69) is 20.2 Å². The maximum atomic E-state index is 11.8. The SMILES string of the molecule is O=C(CCc1ccco1)NCCc1cc(N2CCCC2)ncn1. The molecule has 6 nitrogen and oxygen atoms in total. The van der Waals surface area contributed by atoms with Gasteiger partial charge < -0.3 is 14.6 Å². The van der Waals surface area contributed by atoms with Gasteiger partial charge in [0.2, 0.25) is 5.91 Å². The predicted molar refractivity (Wildman–Crippen MR) is 87.2 cm³/mol. The van der Waals surface area contributed by atoms with Crippen LogP contribution in [0.1, 0.15) is 30.7 Å². The third kappa shape index (κ3) is 4.55. The summed E-state index contributed by atoms with van der Waals surface area (Å²) in [5, 5.41) is 2.93. The Balaban J connectivity index is 1.41. The first-order valence-electron chi connectivity index (χ1n) is 8.16. The lowest BCUT2D eigenvalue weighted by Crippen LogP contribution is -2.26. The van der Waals surface area contributed by atoms with E-state index in [1.54, 1.807) is 12.6 Å². The lowest BCUT2D eigenvalue weighted by molar-refractivity contribution is -0.121. The van der Waals surface area contributed by atoms with Crippen LogP contribution in [0.15, 0.2) is 35.2 Å². The summed E-state index contributed by atoms with van der Waals surface area (Å²) >= 11 is 0. The highest BCUT2D eigenvalue weighted by atomic mass is 16.3. The molecule has 0 saturated carbocycles. The van der Waals surface area contributed by atoms with Crippen LogP contribution < -0.4 is 10.2 Å². The zero-order valence-electron chi connectivity index (χ0n) is 13.2. The van der Waals surface area contributed by atoms with E-state index in [1.807, 2.05) is 18.2 Å². The zero-order chi connectivity index (χ0) is 15.9. The molecule has 1 amide bonds. The number of hydrogen-bond donors (Lipinski definition) is 1. The number of carbonyl (C=O) groups excluding carboxylic acids is 1. The van der Waals surface area contributed by atoms with Gasteiger partial charge in [-0.3, -0.25) is 4.79 Å². The van der Waals surface area contributed by atoms with Crippen LogP contribution in [0.2, 0.25) is 0 Å². The molecular formula is C17H22N4O2. The maximum absolute atomic E-state index is 11.8. The van der Waals surface area contributed by atoms with E-state index < -0.39 is 0 Å². The monoisotopic (exact) mass is 314 g/mol. The van der Waals surface area contributed by atoms with Crippen LogP contribution in [-0.2, 0) is 17.6 Å². The normalized spacial score (nSPS) is 14.2. The molecule has 0 atom stereocenters. The molecule has 6 heteroatoms. The van der Waals surface area contributed by atoms with Crippen molar-refractivity contribution in [2.24, 2.45) is 0 Å². The summed E-state index contributed by atoms with van der Waals surface area (Å²) in [5.74, 6) is 1.87. The molecule has 1 N–H and O–H groups in total. The summed E-state index contributed by atoms with van der Waals surface area (Å²) in [5.41, 5.74) is 0.966. The molecular weight excluding hydrogens is 292 g/mol. The van der Waals surface area contributed by atoms with Gasteiger partial charge in [-0.05, 0) is 25.0 Å². The first kappa shape index (κ1) is 15.5. The molecule has 0 aromatic carbocycles. The summed E-state index contributed by atoms with van der Waals surface area (Å²) in [6.07, 6.45) is 7.48. The van der Waals surface area contributed by atoms with Crippen LogP contribution >= 0.6 is 0 Å². The second-order valence-electron chi connectivity index (χ2n) is 5.74. The van der Waals surface area contributed by atoms with Gasteiger partial charge in [0.1, 0.15) is 17.9 Å².